The monoisotopic (exact) mass is 388 g/mol. The molecule has 3 rings (SSSR count). The van der Waals surface area contributed by atoms with Gasteiger partial charge in [0.15, 0.2) is 17.3 Å². The van der Waals surface area contributed by atoms with Crippen LogP contribution >= 0.6 is 0 Å². The number of Topliss-reactive ketones (excluding diaryl/α,β-unsaturated/α-hetero) is 3. The molecule has 0 bridgehead atoms. The Bertz CT molecular complexity index is 932. The molecule has 2 aliphatic rings. The van der Waals surface area contributed by atoms with Crippen molar-refractivity contribution in [1.82, 2.24) is 0 Å². The second-order valence-corrected chi connectivity index (χ2v) is 6.46. The van der Waals surface area contributed by atoms with Crippen LogP contribution in [0, 0.1) is 12.8 Å². The Kier molecular flexibility index (Phi) is 6.97. The smallest absolute Gasteiger partial charge is 0.872 e. The summed E-state index contributed by atoms with van der Waals surface area (Å²) in [6.45, 7) is 4.90. The number of rotatable bonds is 2. The van der Waals surface area contributed by atoms with Gasteiger partial charge in [-0.2, -0.15) is 0 Å². The average molecular weight is 388 g/mol. The molecule has 7 nitrogen and oxygen atoms in total. The van der Waals surface area contributed by atoms with Crippen molar-refractivity contribution < 1.29 is 93.2 Å². The molecule has 1 aliphatic heterocycles. The summed E-state index contributed by atoms with van der Waals surface area (Å²) < 4.78 is 5.48. The van der Waals surface area contributed by atoms with Crippen LogP contribution < -0.4 is 74.1 Å². The van der Waals surface area contributed by atoms with Crippen LogP contribution in [0.5, 0.6) is 17.2 Å². The van der Waals surface area contributed by atoms with E-state index in [1.807, 2.05) is 0 Å². The van der Waals surface area contributed by atoms with E-state index in [0.29, 0.717) is 0 Å². The predicted molar refractivity (Wildman–Crippen MR) is 80.3 cm³/mol. The Labute approximate surface area is 199 Å². The van der Waals surface area contributed by atoms with Crippen molar-refractivity contribution in [3.63, 3.8) is 0 Å². The van der Waals surface area contributed by atoms with E-state index in [2.05, 4.69) is 0 Å². The third-order valence-electron chi connectivity index (χ3n) is 4.87. The summed E-state index contributed by atoms with van der Waals surface area (Å²) >= 11 is 0. The number of carbonyl (C=O) groups excluding carboxylic acids is 4. The van der Waals surface area contributed by atoms with Crippen LogP contribution in [0.4, 0.5) is 0 Å². The fraction of sp³-hybridized carbons (Fsp3) is 0.333. The van der Waals surface area contributed by atoms with E-state index >= 15 is 0 Å². The molecule has 0 spiro atoms. The molecule has 27 heavy (non-hydrogen) atoms. The molecule has 1 heterocycles. The molecule has 0 aromatic heterocycles. The predicted octanol–water partition coefficient (Wildman–Crippen LogP) is -5.76. The number of allylic oxidation sites excluding steroid dienone is 2. The first-order chi connectivity index (χ1) is 11.5. The van der Waals surface area contributed by atoms with Crippen LogP contribution in [0.15, 0.2) is 11.8 Å². The van der Waals surface area contributed by atoms with E-state index < -0.39 is 46.0 Å². The maximum Gasteiger partial charge on any atom is 1.00 e. The molecule has 0 radical (unpaired) electrons. The van der Waals surface area contributed by atoms with Gasteiger partial charge >= 0.3 is 59.1 Å². The van der Waals surface area contributed by atoms with Crippen LogP contribution in [-0.4, -0.2) is 23.1 Å². The van der Waals surface area contributed by atoms with Crippen molar-refractivity contribution in [2.45, 2.75) is 33.1 Å². The summed E-state index contributed by atoms with van der Waals surface area (Å²) in [5, 5.41) is 25.0. The van der Waals surface area contributed by atoms with E-state index in [-0.39, 0.29) is 87.3 Å². The third kappa shape index (κ3) is 3.14. The van der Waals surface area contributed by atoms with Crippen LogP contribution in [0.2, 0.25) is 0 Å². The summed E-state index contributed by atoms with van der Waals surface area (Å²) in [6.07, 6.45) is 0.997. The first-order valence-corrected chi connectivity index (χ1v) is 7.58. The summed E-state index contributed by atoms with van der Waals surface area (Å²) in [7, 11) is 0. The van der Waals surface area contributed by atoms with Gasteiger partial charge in [-0.3, -0.25) is 19.2 Å². The first kappa shape index (κ1) is 24.1. The Morgan fingerprint density at radius 3 is 2.15 bits per heavy atom. The molecule has 130 valence electrons. The zero-order valence-corrected chi connectivity index (χ0v) is 20.0. The van der Waals surface area contributed by atoms with Crippen molar-refractivity contribution in [3.05, 3.63) is 28.5 Å². The number of ether oxygens (including phenoxy) is 1. The molecule has 2 atom stereocenters. The van der Waals surface area contributed by atoms with Crippen molar-refractivity contribution in [2.75, 3.05) is 0 Å². The number of fused-ring (bicyclic) bond motifs is 3. The van der Waals surface area contributed by atoms with Crippen molar-refractivity contribution in [3.8, 4) is 17.2 Å². The van der Waals surface area contributed by atoms with E-state index in [9.17, 15) is 29.4 Å². The van der Waals surface area contributed by atoms with Crippen LogP contribution in [0.3, 0.4) is 0 Å². The maximum atomic E-state index is 12.9. The van der Waals surface area contributed by atoms with Gasteiger partial charge in [-0.1, -0.05) is 17.1 Å². The molecular weight excluding hydrogens is 374 g/mol. The minimum absolute atomic E-state index is 0. The van der Waals surface area contributed by atoms with E-state index in [1.165, 1.54) is 13.8 Å². The molecule has 0 saturated heterocycles. The maximum absolute atomic E-state index is 12.9. The standard InChI is InChI=1S/C18H16O7.2Na/c1-6-14(22)12(8(3)20)16-13(15(6)23)18(4)10(25-16)5-9(21)11(7(2)19)17(18)24;;/h5,11,22-23H,1-4H3;;/q;2*+1/p-2/t11?,18-;;/m0../s1. The summed E-state index contributed by atoms with van der Waals surface area (Å²) in [4.78, 5) is 48.7. The Morgan fingerprint density at radius 1 is 1.11 bits per heavy atom. The van der Waals surface area contributed by atoms with Crippen molar-refractivity contribution in [2.24, 2.45) is 5.92 Å². The van der Waals surface area contributed by atoms with Gasteiger partial charge in [-0.25, -0.2) is 0 Å². The van der Waals surface area contributed by atoms with E-state index in [4.69, 9.17) is 4.74 Å². The van der Waals surface area contributed by atoms with Gasteiger partial charge < -0.3 is 14.9 Å². The summed E-state index contributed by atoms with van der Waals surface area (Å²) in [5.41, 5.74) is -2.38. The van der Waals surface area contributed by atoms with Gasteiger partial charge in [-0.05, 0) is 27.7 Å². The van der Waals surface area contributed by atoms with Gasteiger partial charge in [0.05, 0.1) is 5.56 Å². The van der Waals surface area contributed by atoms with Gasteiger partial charge in [0, 0.05) is 11.6 Å². The normalized spacial score (nSPS) is 22.5. The van der Waals surface area contributed by atoms with Gasteiger partial charge in [0.1, 0.15) is 28.6 Å². The molecule has 1 aliphatic carbocycles. The Balaban J connectivity index is 0.00000182. The van der Waals surface area contributed by atoms with Gasteiger partial charge in [-0.15, -0.1) is 0 Å². The molecule has 1 aromatic rings. The fourth-order valence-corrected chi connectivity index (χ4v) is 3.45. The molecule has 1 unspecified atom stereocenters. The molecular formula is C18H14Na2O7. The zero-order chi connectivity index (χ0) is 18.8. The minimum atomic E-state index is -1.68. The minimum Gasteiger partial charge on any atom is -0.872 e. The van der Waals surface area contributed by atoms with Crippen LogP contribution in [-0.2, 0) is 19.8 Å². The summed E-state index contributed by atoms with van der Waals surface area (Å²) in [6, 6.07) is 0. The molecule has 0 N–H and O–H groups in total. The average Bonchev–Trinajstić information content (AvgIpc) is 2.78. The second kappa shape index (κ2) is 7.81. The topological polar surface area (TPSA) is 124 Å². The number of hydrogen-bond donors (Lipinski definition) is 0. The first-order valence-electron chi connectivity index (χ1n) is 7.58. The van der Waals surface area contributed by atoms with Crippen molar-refractivity contribution in [1.29, 1.82) is 0 Å². The Hall–Kier alpha value is -0.960. The zero-order valence-electron chi connectivity index (χ0n) is 16.0. The molecule has 0 saturated carbocycles. The number of benzene rings is 1. The van der Waals surface area contributed by atoms with Gasteiger partial charge in [0.2, 0.25) is 0 Å². The van der Waals surface area contributed by atoms with E-state index in [0.717, 1.165) is 19.9 Å². The summed E-state index contributed by atoms with van der Waals surface area (Å²) in [5.74, 6) is -6.23. The number of carbonyl (C=O) groups is 4. The van der Waals surface area contributed by atoms with E-state index in [1.54, 1.807) is 0 Å². The quantitative estimate of drug-likeness (QED) is 0.281. The molecule has 9 heteroatoms. The number of hydrogen-bond acceptors (Lipinski definition) is 7. The van der Waals surface area contributed by atoms with Crippen LogP contribution in [0.1, 0.15) is 42.3 Å². The van der Waals surface area contributed by atoms with Crippen LogP contribution in [0.25, 0.3) is 0 Å². The second-order valence-electron chi connectivity index (χ2n) is 6.46. The Morgan fingerprint density at radius 2 is 1.67 bits per heavy atom. The largest absolute Gasteiger partial charge is 1.00 e. The van der Waals surface area contributed by atoms with Crippen molar-refractivity contribution >= 4 is 23.1 Å². The van der Waals surface area contributed by atoms with Gasteiger partial charge in [0.25, 0.3) is 0 Å². The molecule has 1 aromatic carbocycles. The fourth-order valence-electron chi connectivity index (χ4n) is 3.45. The third-order valence-corrected chi connectivity index (χ3v) is 4.87. The SMILES string of the molecule is CC(=O)c1c([O-])c(C)c([O-])c2c1OC1=CC(=O)C(C(C)=O)C(=O)[C@@]12C.[Na+].[Na+]. The molecule has 0 amide bonds. The molecule has 0 fully saturated rings. The number of ketones is 4.